The first-order chi connectivity index (χ1) is 12.3. The van der Waals surface area contributed by atoms with E-state index in [0.717, 1.165) is 16.9 Å². The molecule has 3 nitrogen and oxygen atoms in total. The van der Waals surface area contributed by atoms with Crippen LogP contribution in [-0.2, 0) is 16.8 Å². The van der Waals surface area contributed by atoms with Crippen LogP contribution in [0.4, 0.5) is 0 Å². The van der Waals surface area contributed by atoms with E-state index in [-0.39, 0.29) is 11.3 Å². The standard InChI is InChI=1S/C21H21NO2S2/c1-21(2,3)16-8-4-15(5-9-16)13-24-17-10-6-14(7-11-17)12-18-19(23)22-20(25)26-18/h4-12H,13H2,1-3H3,(H,22,23,25). The Morgan fingerprint density at radius 2 is 1.73 bits per heavy atom. The molecule has 0 aliphatic carbocycles. The van der Waals surface area contributed by atoms with Gasteiger partial charge in [-0.25, -0.2) is 0 Å². The first-order valence-electron chi connectivity index (χ1n) is 8.38. The number of rotatable bonds is 4. The van der Waals surface area contributed by atoms with Crippen LogP contribution in [0.3, 0.4) is 0 Å². The Hall–Kier alpha value is -2.11. The first kappa shape index (κ1) is 18.7. The fourth-order valence-corrected chi connectivity index (χ4v) is 3.54. The molecule has 0 bridgehead atoms. The van der Waals surface area contributed by atoms with Gasteiger partial charge < -0.3 is 10.1 Å². The molecule has 134 valence electrons. The van der Waals surface area contributed by atoms with E-state index in [1.54, 1.807) is 0 Å². The Bertz CT molecular complexity index is 847. The zero-order chi connectivity index (χ0) is 18.7. The monoisotopic (exact) mass is 383 g/mol. The van der Waals surface area contributed by atoms with Crippen molar-refractivity contribution in [3.05, 3.63) is 70.1 Å². The molecule has 0 unspecified atom stereocenters. The van der Waals surface area contributed by atoms with E-state index in [1.165, 1.54) is 17.3 Å². The SMILES string of the molecule is CC(C)(C)c1ccc(COc2ccc(C=C3SC(=S)NC3=O)cc2)cc1. The Morgan fingerprint density at radius 1 is 1.08 bits per heavy atom. The lowest BCUT2D eigenvalue weighted by atomic mass is 9.87. The van der Waals surface area contributed by atoms with Crippen molar-refractivity contribution in [3.63, 3.8) is 0 Å². The highest BCUT2D eigenvalue weighted by molar-refractivity contribution is 8.26. The maximum atomic E-state index is 11.7. The van der Waals surface area contributed by atoms with Crippen molar-refractivity contribution in [1.29, 1.82) is 0 Å². The lowest BCUT2D eigenvalue weighted by molar-refractivity contribution is -0.115. The van der Waals surface area contributed by atoms with Crippen molar-refractivity contribution in [2.75, 3.05) is 0 Å². The van der Waals surface area contributed by atoms with E-state index < -0.39 is 0 Å². The van der Waals surface area contributed by atoms with E-state index in [1.807, 2.05) is 30.3 Å². The lowest BCUT2D eigenvalue weighted by Gasteiger charge is -2.19. The molecule has 1 amide bonds. The topological polar surface area (TPSA) is 38.3 Å². The number of carbonyl (C=O) groups excluding carboxylic acids is 1. The second-order valence-electron chi connectivity index (χ2n) is 7.16. The summed E-state index contributed by atoms with van der Waals surface area (Å²) in [5.74, 6) is 0.658. The number of benzene rings is 2. The molecule has 3 rings (SSSR count). The van der Waals surface area contributed by atoms with Gasteiger partial charge in [0.05, 0.1) is 4.91 Å². The predicted molar refractivity (Wildman–Crippen MR) is 112 cm³/mol. The third-order valence-corrected chi connectivity index (χ3v) is 5.21. The molecule has 0 aromatic heterocycles. The minimum atomic E-state index is -0.140. The van der Waals surface area contributed by atoms with Crippen LogP contribution >= 0.6 is 24.0 Å². The Kier molecular flexibility index (Phi) is 5.49. The van der Waals surface area contributed by atoms with Gasteiger partial charge in [0.1, 0.15) is 16.7 Å². The number of carbonyl (C=O) groups is 1. The fourth-order valence-electron chi connectivity index (χ4n) is 2.50. The van der Waals surface area contributed by atoms with Gasteiger partial charge in [0.15, 0.2) is 0 Å². The Labute approximate surface area is 163 Å². The number of thiocarbonyl (C=S) groups is 1. The van der Waals surface area contributed by atoms with Crippen molar-refractivity contribution >= 4 is 40.3 Å². The summed E-state index contributed by atoms with van der Waals surface area (Å²) in [4.78, 5) is 12.3. The molecule has 1 heterocycles. The molecule has 2 aromatic carbocycles. The summed E-state index contributed by atoms with van der Waals surface area (Å²) < 4.78 is 6.35. The van der Waals surface area contributed by atoms with Gasteiger partial charge in [0.2, 0.25) is 0 Å². The van der Waals surface area contributed by atoms with Crippen LogP contribution < -0.4 is 10.1 Å². The zero-order valence-electron chi connectivity index (χ0n) is 15.0. The third-order valence-electron chi connectivity index (χ3n) is 4.05. The van der Waals surface area contributed by atoms with Gasteiger partial charge in [-0.05, 0) is 40.3 Å². The van der Waals surface area contributed by atoms with Crippen LogP contribution in [0.2, 0.25) is 0 Å². The summed E-state index contributed by atoms with van der Waals surface area (Å²) in [7, 11) is 0. The van der Waals surface area contributed by atoms with Crippen LogP contribution in [0, 0.1) is 0 Å². The molecule has 1 fully saturated rings. The molecule has 0 spiro atoms. The smallest absolute Gasteiger partial charge is 0.263 e. The largest absolute Gasteiger partial charge is 0.489 e. The van der Waals surface area contributed by atoms with E-state index in [0.29, 0.717) is 15.8 Å². The highest BCUT2D eigenvalue weighted by Crippen LogP contribution is 2.27. The minimum Gasteiger partial charge on any atom is -0.489 e. The van der Waals surface area contributed by atoms with Gasteiger partial charge in [-0.1, -0.05) is 81.1 Å². The third kappa shape index (κ3) is 4.74. The summed E-state index contributed by atoms with van der Waals surface area (Å²) in [6.45, 7) is 7.14. The van der Waals surface area contributed by atoms with E-state index >= 15 is 0 Å². The second-order valence-corrected chi connectivity index (χ2v) is 8.88. The number of hydrogen-bond donors (Lipinski definition) is 1. The molecule has 2 aromatic rings. The van der Waals surface area contributed by atoms with Crippen LogP contribution in [0.15, 0.2) is 53.4 Å². The van der Waals surface area contributed by atoms with Crippen molar-refractivity contribution in [2.24, 2.45) is 0 Å². The predicted octanol–water partition coefficient (Wildman–Crippen LogP) is 5.05. The first-order valence-corrected chi connectivity index (χ1v) is 9.61. The van der Waals surface area contributed by atoms with Crippen molar-refractivity contribution < 1.29 is 9.53 Å². The molecule has 5 heteroatoms. The van der Waals surface area contributed by atoms with Gasteiger partial charge in [-0.2, -0.15) is 0 Å². The van der Waals surface area contributed by atoms with E-state index in [9.17, 15) is 4.79 Å². The molecule has 1 saturated heterocycles. The van der Waals surface area contributed by atoms with Crippen molar-refractivity contribution in [2.45, 2.75) is 32.8 Å². The van der Waals surface area contributed by atoms with Gasteiger partial charge >= 0.3 is 0 Å². The average molecular weight is 384 g/mol. The summed E-state index contributed by atoms with van der Waals surface area (Å²) in [5.41, 5.74) is 3.54. The molecular formula is C21H21NO2S2. The minimum absolute atomic E-state index is 0.140. The number of thioether (sulfide) groups is 1. The number of nitrogens with one attached hydrogen (secondary N) is 1. The van der Waals surface area contributed by atoms with Gasteiger partial charge in [-0.3, -0.25) is 4.79 Å². The van der Waals surface area contributed by atoms with Crippen molar-refractivity contribution in [3.8, 4) is 5.75 Å². The molecular weight excluding hydrogens is 362 g/mol. The maximum Gasteiger partial charge on any atom is 0.263 e. The van der Waals surface area contributed by atoms with Crippen LogP contribution in [0.1, 0.15) is 37.5 Å². The van der Waals surface area contributed by atoms with E-state index in [2.05, 4.69) is 50.4 Å². The van der Waals surface area contributed by atoms with Gasteiger partial charge in [0.25, 0.3) is 5.91 Å². The summed E-state index contributed by atoms with van der Waals surface area (Å²) in [5, 5.41) is 2.61. The normalized spacial score (nSPS) is 16.0. The number of hydrogen-bond acceptors (Lipinski definition) is 4. The summed E-state index contributed by atoms with van der Waals surface area (Å²) >= 11 is 6.27. The molecule has 1 N–H and O–H groups in total. The van der Waals surface area contributed by atoms with Crippen molar-refractivity contribution in [1.82, 2.24) is 5.32 Å². The highest BCUT2D eigenvalue weighted by Gasteiger charge is 2.21. The maximum absolute atomic E-state index is 11.7. The van der Waals surface area contributed by atoms with Gasteiger partial charge in [0, 0.05) is 0 Å². The average Bonchev–Trinajstić information content (AvgIpc) is 2.91. The zero-order valence-corrected chi connectivity index (χ0v) is 16.7. The summed E-state index contributed by atoms with van der Waals surface area (Å²) in [6, 6.07) is 16.2. The highest BCUT2D eigenvalue weighted by atomic mass is 32.2. The summed E-state index contributed by atoms with van der Waals surface area (Å²) in [6.07, 6.45) is 1.83. The van der Waals surface area contributed by atoms with Gasteiger partial charge in [-0.15, -0.1) is 0 Å². The van der Waals surface area contributed by atoms with Crippen LogP contribution in [0.25, 0.3) is 6.08 Å². The fraction of sp³-hybridized carbons (Fsp3) is 0.238. The van der Waals surface area contributed by atoms with Crippen LogP contribution in [0.5, 0.6) is 5.75 Å². The molecule has 1 aliphatic rings. The van der Waals surface area contributed by atoms with E-state index in [4.69, 9.17) is 17.0 Å². The van der Waals surface area contributed by atoms with Crippen LogP contribution in [-0.4, -0.2) is 10.2 Å². The number of amides is 1. The molecule has 0 radical (unpaired) electrons. The quantitative estimate of drug-likeness (QED) is 0.592. The molecule has 0 atom stereocenters. The Balaban J connectivity index is 1.60. The Morgan fingerprint density at radius 3 is 2.27 bits per heavy atom. The molecule has 26 heavy (non-hydrogen) atoms. The lowest BCUT2D eigenvalue weighted by Crippen LogP contribution is -2.17. The molecule has 0 saturated carbocycles. The number of ether oxygens (including phenoxy) is 1. The second kappa shape index (κ2) is 7.64. The molecule has 1 aliphatic heterocycles.